The van der Waals surface area contributed by atoms with Crippen molar-refractivity contribution in [1.82, 2.24) is 10.3 Å². The van der Waals surface area contributed by atoms with Crippen molar-refractivity contribution in [3.63, 3.8) is 0 Å². The molecule has 0 atom stereocenters. The number of carbonyl (C=O) groups excluding carboxylic acids is 1. The summed E-state index contributed by atoms with van der Waals surface area (Å²) in [6.45, 7) is 1.00. The fourth-order valence-corrected chi connectivity index (χ4v) is 2.80. The van der Waals surface area contributed by atoms with Crippen LogP contribution >= 0.6 is 34.8 Å². The highest BCUT2D eigenvalue weighted by atomic mass is 35.5. The molecular formula is C16H15Cl3N2O2. The summed E-state index contributed by atoms with van der Waals surface area (Å²) in [5, 5.41) is 4.05. The summed E-state index contributed by atoms with van der Waals surface area (Å²) in [7, 11) is 0. The van der Waals surface area contributed by atoms with Crippen molar-refractivity contribution >= 4 is 40.7 Å². The zero-order valence-corrected chi connectivity index (χ0v) is 14.5. The van der Waals surface area contributed by atoms with E-state index in [1.54, 1.807) is 30.5 Å². The number of nitrogens with one attached hydrogen (secondary N) is 1. The monoisotopic (exact) mass is 372 g/mol. The molecule has 0 saturated heterocycles. The molecule has 0 aliphatic carbocycles. The molecule has 0 saturated carbocycles. The van der Waals surface area contributed by atoms with Gasteiger partial charge < -0.3 is 10.1 Å². The van der Waals surface area contributed by atoms with Gasteiger partial charge in [-0.05, 0) is 37.1 Å². The summed E-state index contributed by atoms with van der Waals surface area (Å²) in [6.07, 6.45) is 4.68. The van der Waals surface area contributed by atoms with Gasteiger partial charge in [-0.1, -0.05) is 34.8 Å². The number of ether oxygens (including phenoxy) is 1. The van der Waals surface area contributed by atoms with Gasteiger partial charge in [0.25, 0.3) is 5.91 Å². The largest absolute Gasteiger partial charge is 0.490 e. The van der Waals surface area contributed by atoms with E-state index in [1.165, 1.54) is 6.20 Å². The number of unbranched alkanes of at least 4 members (excludes halogenated alkanes) is 1. The standard InChI is InChI=1S/C16H15Cl3N2O2/c17-12-8-13(18)15(14(19)9-12)23-7-2-1-6-21-16(22)11-4-3-5-20-10-11/h3-5,8-10H,1-2,6-7H2,(H,21,22). The topological polar surface area (TPSA) is 51.2 Å². The first-order valence-electron chi connectivity index (χ1n) is 7.03. The molecular weight excluding hydrogens is 359 g/mol. The van der Waals surface area contributed by atoms with Gasteiger partial charge in [0.1, 0.15) is 0 Å². The molecule has 1 amide bonds. The lowest BCUT2D eigenvalue weighted by atomic mass is 10.2. The molecule has 2 aromatic rings. The van der Waals surface area contributed by atoms with Gasteiger partial charge in [-0.15, -0.1) is 0 Å². The van der Waals surface area contributed by atoms with Crippen LogP contribution in [0.4, 0.5) is 0 Å². The first kappa shape index (κ1) is 17.9. The van der Waals surface area contributed by atoms with Crippen LogP contribution in [0, 0.1) is 0 Å². The maximum Gasteiger partial charge on any atom is 0.252 e. The molecule has 122 valence electrons. The Labute approximate surface area is 149 Å². The van der Waals surface area contributed by atoms with Crippen molar-refractivity contribution in [2.75, 3.05) is 13.2 Å². The average molecular weight is 374 g/mol. The van der Waals surface area contributed by atoms with Gasteiger partial charge in [-0.2, -0.15) is 0 Å². The number of benzene rings is 1. The highest BCUT2D eigenvalue weighted by Gasteiger charge is 2.09. The summed E-state index contributed by atoms with van der Waals surface area (Å²) in [4.78, 5) is 15.7. The Hall–Kier alpha value is -1.49. The second-order valence-corrected chi connectivity index (χ2v) is 6.00. The van der Waals surface area contributed by atoms with Crippen molar-refractivity contribution in [2.45, 2.75) is 12.8 Å². The molecule has 1 aromatic heterocycles. The van der Waals surface area contributed by atoms with E-state index >= 15 is 0 Å². The number of nitrogens with zero attached hydrogens (tertiary/aromatic N) is 1. The molecule has 0 spiro atoms. The number of aromatic nitrogens is 1. The molecule has 4 nitrogen and oxygen atoms in total. The Kier molecular flexibility index (Phi) is 6.96. The minimum atomic E-state index is -0.136. The minimum Gasteiger partial charge on any atom is -0.490 e. The molecule has 0 radical (unpaired) electrons. The fraction of sp³-hybridized carbons (Fsp3) is 0.250. The lowest BCUT2D eigenvalue weighted by molar-refractivity contribution is 0.0952. The molecule has 2 rings (SSSR count). The van der Waals surface area contributed by atoms with Gasteiger partial charge in [0.15, 0.2) is 5.75 Å². The van der Waals surface area contributed by atoms with E-state index in [-0.39, 0.29) is 5.91 Å². The smallest absolute Gasteiger partial charge is 0.252 e. The fourth-order valence-electron chi connectivity index (χ4n) is 1.87. The second-order valence-electron chi connectivity index (χ2n) is 4.75. The molecule has 0 bridgehead atoms. The molecule has 0 aliphatic heterocycles. The Balaban J connectivity index is 1.68. The van der Waals surface area contributed by atoms with Crippen molar-refractivity contribution in [2.24, 2.45) is 0 Å². The zero-order valence-electron chi connectivity index (χ0n) is 12.2. The number of amides is 1. The summed E-state index contributed by atoms with van der Waals surface area (Å²) in [5.74, 6) is 0.292. The Bertz CT molecular complexity index is 643. The summed E-state index contributed by atoms with van der Waals surface area (Å²) in [5.41, 5.74) is 0.545. The first-order valence-corrected chi connectivity index (χ1v) is 8.17. The number of carbonyl (C=O) groups is 1. The lowest BCUT2D eigenvalue weighted by Gasteiger charge is -2.10. The number of hydrogen-bond donors (Lipinski definition) is 1. The van der Waals surface area contributed by atoms with Crippen LogP contribution in [0.5, 0.6) is 5.75 Å². The van der Waals surface area contributed by atoms with Gasteiger partial charge in [0.05, 0.1) is 22.2 Å². The van der Waals surface area contributed by atoms with E-state index in [2.05, 4.69) is 10.3 Å². The Morgan fingerprint density at radius 3 is 2.57 bits per heavy atom. The maximum atomic E-state index is 11.8. The van der Waals surface area contributed by atoms with Crippen LogP contribution in [0.2, 0.25) is 15.1 Å². The van der Waals surface area contributed by atoms with Gasteiger partial charge in [0.2, 0.25) is 0 Å². The lowest BCUT2D eigenvalue weighted by Crippen LogP contribution is -2.24. The normalized spacial score (nSPS) is 10.4. The van der Waals surface area contributed by atoms with Crippen LogP contribution in [0.15, 0.2) is 36.7 Å². The van der Waals surface area contributed by atoms with Crippen LogP contribution in [0.1, 0.15) is 23.2 Å². The highest BCUT2D eigenvalue weighted by molar-refractivity contribution is 6.40. The van der Waals surface area contributed by atoms with Crippen LogP contribution in [0.25, 0.3) is 0 Å². The van der Waals surface area contributed by atoms with E-state index in [0.29, 0.717) is 39.5 Å². The van der Waals surface area contributed by atoms with Crippen LogP contribution in [-0.4, -0.2) is 24.0 Å². The van der Waals surface area contributed by atoms with Crippen LogP contribution < -0.4 is 10.1 Å². The Morgan fingerprint density at radius 1 is 1.17 bits per heavy atom. The summed E-state index contributed by atoms with van der Waals surface area (Å²) >= 11 is 17.9. The van der Waals surface area contributed by atoms with Gasteiger partial charge in [-0.3, -0.25) is 9.78 Å². The molecule has 0 unspecified atom stereocenters. The number of hydrogen-bond acceptors (Lipinski definition) is 3. The van der Waals surface area contributed by atoms with E-state index in [1.807, 2.05) is 0 Å². The highest BCUT2D eigenvalue weighted by Crippen LogP contribution is 2.35. The first-order chi connectivity index (χ1) is 11.1. The number of rotatable bonds is 7. The van der Waals surface area contributed by atoms with Gasteiger partial charge >= 0.3 is 0 Å². The molecule has 0 fully saturated rings. The van der Waals surface area contributed by atoms with Crippen molar-refractivity contribution in [1.29, 1.82) is 0 Å². The number of pyridine rings is 1. The van der Waals surface area contributed by atoms with E-state index < -0.39 is 0 Å². The SMILES string of the molecule is O=C(NCCCCOc1c(Cl)cc(Cl)cc1Cl)c1cccnc1. The predicted octanol–water partition coefficient (Wildman–Crippen LogP) is 4.63. The zero-order chi connectivity index (χ0) is 16.7. The van der Waals surface area contributed by atoms with Crippen molar-refractivity contribution in [3.8, 4) is 5.75 Å². The second kappa shape index (κ2) is 8.96. The van der Waals surface area contributed by atoms with Crippen LogP contribution in [-0.2, 0) is 0 Å². The quantitative estimate of drug-likeness (QED) is 0.720. The molecule has 0 aliphatic rings. The summed E-state index contributed by atoms with van der Waals surface area (Å²) in [6, 6.07) is 6.61. The van der Waals surface area contributed by atoms with E-state index in [9.17, 15) is 4.79 Å². The van der Waals surface area contributed by atoms with Crippen LogP contribution in [0.3, 0.4) is 0 Å². The third-order valence-electron chi connectivity index (χ3n) is 2.99. The molecule has 7 heteroatoms. The van der Waals surface area contributed by atoms with Gasteiger partial charge in [-0.25, -0.2) is 0 Å². The van der Waals surface area contributed by atoms with Crippen molar-refractivity contribution < 1.29 is 9.53 Å². The van der Waals surface area contributed by atoms with E-state index in [0.717, 1.165) is 12.8 Å². The molecule has 23 heavy (non-hydrogen) atoms. The molecule has 1 aromatic carbocycles. The van der Waals surface area contributed by atoms with E-state index in [4.69, 9.17) is 39.5 Å². The third kappa shape index (κ3) is 5.57. The van der Waals surface area contributed by atoms with Gasteiger partial charge in [0, 0.05) is 24.0 Å². The third-order valence-corrected chi connectivity index (χ3v) is 3.77. The predicted molar refractivity (Wildman–Crippen MR) is 92.8 cm³/mol. The molecule has 1 heterocycles. The Morgan fingerprint density at radius 2 is 1.91 bits per heavy atom. The number of halogens is 3. The molecule has 1 N–H and O–H groups in total. The minimum absolute atomic E-state index is 0.136. The van der Waals surface area contributed by atoms with Crippen molar-refractivity contribution in [3.05, 3.63) is 57.3 Å². The summed E-state index contributed by atoms with van der Waals surface area (Å²) < 4.78 is 5.57. The maximum absolute atomic E-state index is 11.8. The average Bonchev–Trinajstić information content (AvgIpc) is 2.53.